The molecule has 0 aromatic heterocycles. The van der Waals surface area contributed by atoms with Crippen molar-refractivity contribution in [2.75, 3.05) is 0 Å². The lowest BCUT2D eigenvalue weighted by molar-refractivity contribution is 0.0994. The summed E-state index contributed by atoms with van der Waals surface area (Å²) in [5, 5.41) is 0. The Kier molecular flexibility index (Phi) is 6.00. The van der Waals surface area contributed by atoms with E-state index in [0.29, 0.717) is 18.1 Å². The van der Waals surface area contributed by atoms with E-state index < -0.39 is 0 Å². The minimum Gasteiger partial charge on any atom is -0.294 e. The molecule has 1 atom stereocenters. The van der Waals surface area contributed by atoms with Gasteiger partial charge in [-0.15, -0.1) is 0 Å². The van der Waals surface area contributed by atoms with Gasteiger partial charge in [0.15, 0.2) is 5.78 Å². The highest BCUT2D eigenvalue weighted by molar-refractivity contribution is 6.04. The van der Waals surface area contributed by atoms with Gasteiger partial charge in [-0.05, 0) is 82.5 Å². The molecule has 0 heterocycles. The van der Waals surface area contributed by atoms with Crippen molar-refractivity contribution in [2.24, 2.45) is 5.92 Å². The van der Waals surface area contributed by atoms with Gasteiger partial charge in [0.05, 0.1) is 0 Å². The first-order chi connectivity index (χ1) is 14.6. The minimum atomic E-state index is 0.330. The number of hydrogen-bond donors (Lipinski definition) is 0. The smallest absolute Gasteiger partial charge is 0.163 e. The first kappa shape index (κ1) is 21.1. The monoisotopic (exact) mass is 400 g/mol. The number of Topliss-reactive ketones (excluding diaryl/α,β-unsaturated/α-hetero) is 1. The number of hydrogen-bond acceptors (Lipinski definition) is 1. The maximum Gasteiger partial charge on any atom is 0.163 e. The van der Waals surface area contributed by atoms with Crippen LogP contribution in [0.3, 0.4) is 0 Å². The van der Waals surface area contributed by atoms with Crippen molar-refractivity contribution in [3.05, 3.63) is 64.2 Å². The van der Waals surface area contributed by atoms with Crippen molar-refractivity contribution in [3.63, 3.8) is 0 Å². The Labute approximate surface area is 182 Å². The molecule has 0 N–H and O–H groups in total. The van der Waals surface area contributed by atoms with Crippen LogP contribution in [0.1, 0.15) is 110 Å². The number of benzene rings is 2. The summed E-state index contributed by atoms with van der Waals surface area (Å²) in [6.45, 7) is 13.0. The van der Waals surface area contributed by atoms with E-state index in [-0.39, 0.29) is 0 Å². The highest BCUT2D eigenvalue weighted by Crippen LogP contribution is 2.54. The fraction of sp³-hybridized carbons (Fsp3) is 0.483. The maximum atomic E-state index is 12.4. The quantitative estimate of drug-likeness (QED) is 0.495. The first-order valence-corrected chi connectivity index (χ1v) is 12.2. The number of allylic oxidation sites excluding steroid dienone is 1. The van der Waals surface area contributed by atoms with Crippen molar-refractivity contribution in [1.82, 2.24) is 0 Å². The molecule has 0 amide bonds. The SMILES string of the molecule is C=C1CCc2c1ccc1c2-c2c(ccc3c2CCC3=O)C1CCC(CC)CC.CC. The van der Waals surface area contributed by atoms with Gasteiger partial charge in [-0.2, -0.15) is 0 Å². The number of fused-ring (bicyclic) bond motifs is 7. The first-order valence-electron chi connectivity index (χ1n) is 12.2. The minimum absolute atomic E-state index is 0.330. The fourth-order valence-corrected chi connectivity index (χ4v) is 5.98. The summed E-state index contributed by atoms with van der Waals surface area (Å²) in [7, 11) is 0. The Hall–Kier alpha value is -2.15. The standard InChI is InChI=1S/C27H30O.C2H6/c1-4-17(5-2)7-9-19-22-12-10-18-16(3)6-8-21(18)26(22)27-23(19)13-11-20-24(27)14-15-25(20)28;1-2/h10-13,17,19H,3-9,14-15H2,1-2H3;1-2H3. The van der Waals surface area contributed by atoms with E-state index in [0.717, 1.165) is 30.7 Å². The van der Waals surface area contributed by atoms with Gasteiger partial charge < -0.3 is 0 Å². The predicted octanol–water partition coefficient (Wildman–Crippen LogP) is 8.13. The van der Waals surface area contributed by atoms with Crippen molar-refractivity contribution < 1.29 is 4.79 Å². The van der Waals surface area contributed by atoms with Crippen LogP contribution in [0, 0.1) is 5.92 Å². The lowest BCUT2D eigenvalue weighted by atomic mass is 9.86. The lowest BCUT2D eigenvalue weighted by Gasteiger charge is -2.18. The van der Waals surface area contributed by atoms with E-state index in [2.05, 4.69) is 44.7 Å². The van der Waals surface area contributed by atoms with Crippen molar-refractivity contribution in [2.45, 2.75) is 85.0 Å². The van der Waals surface area contributed by atoms with Crippen LogP contribution >= 0.6 is 0 Å². The Morgan fingerprint density at radius 2 is 1.43 bits per heavy atom. The lowest BCUT2D eigenvalue weighted by Crippen LogP contribution is -2.03. The van der Waals surface area contributed by atoms with Gasteiger partial charge in [0.25, 0.3) is 0 Å². The summed E-state index contributed by atoms with van der Waals surface area (Å²) in [6, 6.07) is 9.11. The average molecular weight is 401 g/mol. The van der Waals surface area contributed by atoms with Crippen LogP contribution in [0.15, 0.2) is 30.8 Å². The second kappa shape index (κ2) is 8.53. The number of carbonyl (C=O) groups is 1. The van der Waals surface area contributed by atoms with Gasteiger partial charge in [-0.25, -0.2) is 0 Å². The Bertz CT molecular complexity index is 916. The van der Waals surface area contributed by atoms with Crippen LogP contribution < -0.4 is 0 Å². The van der Waals surface area contributed by atoms with Crippen molar-refractivity contribution >= 4 is 11.4 Å². The van der Waals surface area contributed by atoms with Gasteiger partial charge in [-0.1, -0.05) is 71.4 Å². The topological polar surface area (TPSA) is 17.1 Å². The molecule has 3 aliphatic rings. The predicted molar refractivity (Wildman–Crippen MR) is 128 cm³/mol. The molecular weight excluding hydrogens is 364 g/mol. The largest absolute Gasteiger partial charge is 0.294 e. The molecule has 5 rings (SSSR count). The molecule has 2 aromatic carbocycles. The Morgan fingerprint density at radius 1 is 0.867 bits per heavy atom. The van der Waals surface area contributed by atoms with E-state index >= 15 is 0 Å². The second-order valence-electron chi connectivity index (χ2n) is 8.95. The zero-order chi connectivity index (χ0) is 21.4. The zero-order valence-electron chi connectivity index (χ0n) is 19.2. The van der Waals surface area contributed by atoms with Crippen LogP contribution in [-0.4, -0.2) is 5.78 Å². The number of ketones is 1. The molecule has 1 nitrogen and oxygen atoms in total. The van der Waals surface area contributed by atoms with Gasteiger partial charge in [-0.3, -0.25) is 4.79 Å². The molecule has 158 valence electrons. The number of carbonyl (C=O) groups excluding carboxylic acids is 1. The van der Waals surface area contributed by atoms with Crippen LogP contribution in [0.2, 0.25) is 0 Å². The van der Waals surface area contributed by atoms with Gasteiger partial charge in [0.1, 0.15) is 0 Å². The molecule has 3 aliphatic carbocycles. The average Bonchev–Trinajstić information content (AvgIpc) is 3.44. The van der Waals surface area contributed by atoms with Gasteiger partial charge >= 0.3 is 0 Å². The molecule has 0 saturated carbocycles. The Morgan fingerprint density at radius 3 is 2.07 bits per heavy atom. The molecule has 1 unspecified atom stereocenters. The van der Waals surface area contributed by atoms with Crippen LogP contribution in [0.5, 0.6) is 0 Å². The third kappa shape index (κ3) is 3.18. The molecule has 1 heteroatoms. The molecule has 2 aromatic rings. The van der Waals surface area contributed by atoms with Crippen LogP contribution in [0.25, 0.3) is 16.7 Å². The number of rotatable bonds is 5. The van der Waals surface area contributed by atoms with E-state index in [9.17, 15) is 4.79 Å². The summed E-state index contributed by atoms with van der Waals surface area (Å²) in [6.07, 6.45) is 8.83. The summed E-state index contributed by atoms with van der Waals surface area (Å²) in [4.78, 5) is 12.4. The fourth-order valence-electron chi connectivity index (χ4n) is 5.98. The van der Waals surface area contributed by atoms with E-state index in [1.54, 1.807) is 0 Å². The third-order valence-corrected chi connectivity index (χ3v) is 7.67. The molecule has 0 aliphatic heterocycles. The van der Waals surface area contributed by atoms with Crippen molar-refractivity contribution in [3.8, 4) is 11.1 Å². The van der Waals surface area contributed by atoms with Crippen LogP contribution in [0.4, 0.5) is 0 Å². The summed E-state index contributed by atoms with van der Waals surface area (Å²) < 4.78 is 0. The van der Waals surface area contributed by atoms with E-state index in [1.165, 1.54) is 70.2 Å². The van der Waals surface area contributed by atoms with Gasteiger partial charge in [0, 0.05) is 17.9 Å². The molecule has 0 saturated heterocycles. The third-order valence-electron chi connectivity index (χ3n) is 7.67. The molecule has 30 heavy (non-hydrogen) atoms. The van der Waals surface area contributed by atoms with Gasteiger partial charge in [0.2, 0.25) is 0 Å². The van der Waals surface area contributed by atoms with E-state index in [1.807, 2.05) is 13.8 Å². The maximum absolute atomic E-state index is 12.4. The normalized spacial score (nSPS) is 18.1. The second-order valence-corrected chi connectivity index (χ2v) is 8.95. The molecule has 0 fully saturated rings. The highest BCUT2D eigenvalue weighted by Gasteiger charge is 2.37. The molecule has 0 spiro atoms. The molecule has 0 bridgehead atoms. The van der Waals surface area contributed by atoms with E-state index in [4.69, 9.17) is 0 Å². The Balaban J connectivity index is 0.00000106. The summed E-state index contributed by atoms with van der Waals surface area (Å²) >= 11 is 0. The summed E-state index contributed by atoms with van der Waals surface area (Å²) in [5.74, 6) is 1.64. The summed E-state index contributed by atoms with van der Waals surface area (Å²) in [5.41, 5.74) is 12.4. The highest BCUT2D eigenvalue weighted by atomic mass is 16.1. The van der Waals surface area contributed by atoms with Crippen LogP contribution in [-0.2, 0) is 12.8 Å². The zero-order valence-corrected chi connectivity index (χ0v) is 19.2. The molecule has 0 radical (unpaired) electrons. The molecular formula is C29H36O. The van der Waals surface area contributed by atoms with Crippen molar-refractivity contribution in [1.29, 1.82) is 0 Å².